The number of hydrogen-bond acceptors (Lipinski definition) is 3. The van der Waals surface area contributed by atoms with Crippen molar-refractivity contribution in [1.82, 2.24) is 19.4 Å². The fourth-order valence-electron chi connectivity index (χ4n) is 3.69. The van der Waals surface area contributed by atoms with Crippen LogP contribution in [0, 0.1) is 6.92 Å². The highest BCUT2D eigenvalue weighted by molar-refractivity contribution is 6.09. The van der Waals surface area contributed by atoms with Gasteiger partial charge in [0.1, 0.15) is 5.52 Å². The molecule has 136 valence electrons. The van der Waals surface area contributed by atoms with Gasteiger partial charge in [0.05, 0.1) is 17.8 Å². The predicted molar refractivity (Wildman–Crippen MR) is 109 cm³/mol. The van der Waals surface area contributed by atoms with E-state index in [1.165, 1.54) is 0 Å². The predicted octanol–water partition coefficient (Wildman–Crippen LogP) is 4.27. The van der Waals surface area contributed by atoms with E-state index in [1.54, 1.807) is 0 Å². The lowest BCUT2D eigenvalue weighted by Gasteiger charge is -2.07. The van der Waals surface area contributed by atoms with Gasteiger partial charge < -0.3 is 4.40 Å². The van der Waals surface area contributed by atoms with Crippen LogP contribution in [0.1, 0.15) is 27.2 Å². The molecule has 0 atom stereocenters. The van der Waals surface area contributed by atoms with E-state index < -0.39 is 0 Å². The molecule has 0 amide bonds. The minimum Gasteiger partial charge on any atom is -0.313 e. The first-order valence-electron chi connectivity index (χ1n) is 9.20. The van der Waals surface area contributed by atoms with Crippen LogP contribution in [-0.4, -0.2) is 25.2 Å². The summed E-state index contributed by atoms with van der Waals surface area (Å²) < 4.78 is 3.83. The minimum atomic E-state index is 0.00520. The van der Waals surface area contributed by atoms with Gasteiger partial charge in [0.2, 0.25) is 5.78 Å². The molecule has 0 aliphatic heterocycles. The number of ketones is 1. The second-order valence-electron chi connectivity index (χ2n) is 6.90. The van der Waals surface area contributed by atoms with Crippen LogP contribution in [0.15, 0.2) is 79.0 Å². The van der Waals surface area contributed by atoms with Gasteiger partial charge in [-0.3, -0.25) is 4.79 Å². The van der Waals surface area contributed by atoms with Gasteiger partial charge in [0, 0.05) is 22.8 Å². The third-order valence-corrected chi connectivity index (χ3v) is 5.09. The van der Waals surface area contributed by atoms with Crippen LogP contribution in [0.2, 0.25) is 0 Å². The van der Waals surface area contributed by atoms with Gasteiger partial charge in [0.25, 0.3) is 0 Å². The molecule has 0 saturated carbocycles. The Kier molecular flexibility index (Phi) is 3.79. The SMILES string of the molecule is Cc1cccn2c(C(=O)c3ccccc3)c(Cn3nnc4ccccc43)cc12. The van der Waals surface area contributed by atoms with Gasteiger partial charge in [-0.25, -0.2) is 4.68 Å². The Morgan fingerprint density at radius 1 is 0.929 bits per heavy atom. The first kappa shape index (κ1) is 16.4. The van der Waals surface area contributed by atoms with Gasteiger partial charge >= 0.3 is 0 Å². The van der Waals surface area contributed by atoms with Gasteiger partial charge in [-0.15, -0.1) is 5.10 Å². The zero-order valence-electron chi connectivity index (χ0n) is 15.4. The monoisotopic (exact) mass is 366 g/mol. The first-order chi connectivity index (χ1) is 13.7. The van der Waals surface area contributed by atoms with Crippen LogP contribution in [0.5, 0.6) is 0 Å². The van der Waals surface area contributed by atoms with Crippen molar-refractivity contribution in [1.29, 1.82) is 0 Å². The highest BCUT2D eigenvalue weighted by Crippen LogP contribution is 2.24. The molecule has 0 unspecified atom stereocenters. The number of nitrogens with zero attached hydrogens (tertiary/aromatic N) is 4. The lowest BCUT2D eigenvalue weighted by molar-refractivity contribution is 0.103. The van der Waals surface area contributed by atoms with Gasteiger partial charge in [-0.2, -0.15) is 0 Å². The number of aromatic nitrogens is 4. The number of hydrogen-bond donors (Lipinski definition) is 0. The summed E-state index contributed by atoms with van der Waals surface area (Å²) in [5, 5.41) is 8.54. The molecular weight excluding hydrogens is 348 g/mol. The number of benzene rings is 2. The maximum Gasteiger partial charge on any atom is 0.210 e. The second kappa shape index (κ2) is 6.46. The number of rotatable bonds is 4. The van der Waals surface area contributed by atoms with Gasteiger partial charge in [0.15, 0.2) is 0 Å². The third-order valence-electron chi connectivity index (χ3n) is 5.09. The van der Waals surface area contributed by atoms with E-state index >= 15 is 0 Å². The molecule has 3 aromatic heterocycles. The van der Waals surface area contributed by atoms with E-state index in [0.29, 0.717) is 17.8 Å². The van der Waals surface area contributed by atoms with Crippen molar-refractivity contribution in [2.45, 2.75) is 13.5 Å². The standard InChI is InChI=1S/C23H18N4O/c1-16-8-7-13-26-21(16)14-18(22(26)23(28)17-9-3-2-4-10-17)15-27-20-12-6-5-11-19(20)24-25-27/h2-14H,15H2,1H3. The summed E-state index contributed by atoms with van der Waals surface area (Å²) in [5.74, 6) is 0.00520. The summed E-state index contributed by atoms with van der Waals surface area (Å²) in [7, 11) is 0. The van der Waals surface area contributed by atoms with Gasteiger partial charge in [-0.05, 0) is 36.8 Å². The lowest BCUT2D eigenvalue weighted by Crippen LogP contribution is -2.11. The normalized spacial score (nSPS) is 11.3. The maximum atomic E-state index is 13.4. The zero-order chi connectivity index (χ0) is 19.1. The van der Waals surface area contributed by atoms with E-state index in [2.05, 4.69) is 29.4 Å². The quantitative estimate of drug-likeness (QED) is 0.446. The Balaban J connectivity index is 1.70. The summed E-state index contributed by atoms with van der Waals surface area (Å²) in [4.78, 5) is 13.4. The van der Waals surface area contributed by atoms with Crippen molar-refractivity contribution in [3.05, 3.63) is 101 Å². The lowest BCUT2D eigenvalue weighted by atomic mass is 10.1. The van der Waals surface area contributed by atoms with Crippen molar-refractivity contribution in [2.24, 2.45) is 0 Å². The highest BCUT2D eigenvalue weighted by Gasteiger charge is 2.20. The van der Waals surface area contributed by atoms with Gasteiger partial charge in [-0.1, -0.05) is 53.7 Å². The maximum absolute atomic E-state index is 13.4. The van der Waals surface area contributed by atoms with Crippen molar-refractivity contribution < 1.29 is 4.79 Å². The Hall–Kier alpha value is -3.73. The molecule has 0 saturated heterocycles. The number of para-hydroxylation sites is 1. The molecule has 0 bridgehead atoms. The Morgan fingerprint density at radius 3 is 2.57 bits per heavy atom. The van der Waals surface area contributed by atoms with E-state index in [1.807, 2.05) is 75.9 Å². The molecular formula is C23H18N4O. The molecule has 5 heteroatoms. The van der Waals surface area contributed by atoms with Crippen LogP contribution in [0.4, 0.5) is 0 Å². The van der Waals surface area contributed by atoms with E-state index in [9.17, 15) is 4.79 Å². The summed E-state index contributed by atoms with van der Waals surface area (Å²) in [6, 6.07) is 23.4. The molecule has 2 aromatic carbocycles. The van der Waals surface area contributed by atoms with Crippen molar-refractivity contribution >= 4 is 22.3 Å². The van der Waals surface area contributed by atoms with E-state index in [-0.39, 0.29) is 5.78 Å². The number of aryl methyl sites for hydroxylation is 1. The first-order valence-corrected chi connectivity index (χ1v) is 9.20. The molecule has 3 heterocycles. The topological polar surface area (TPSA) is 52.2 Å². The summed E-state index contributed by atoms with van der Waals surface area (Å²) >= 11 is 0. The van der Waals surface area contributed by atoms with E-state index in [4.69, 9.17) is 0 Å². The largest absolute Gasteiger partial charge is 0.313 e. The third kappa shape index (κ3) is 2.60. The average Bonchev–Trinajstić information content (AvgIpc) is 3.31. The minimum absolute atomic E-state index is 0.00520. The smallest absolute Gasteiger partial charge is 0.210 e. The van der Waals surface area contributed by atoms with Crippen LogP contribution in [-0.2, 0) is 6.54 Å². The average molecular weight is 366 g/mol. The molecule has 0 spiro atoms. The fourth-order valence-corrected chi connectivity index (χ4v) is 3.69. The van der Waals surface area contributed by atoms with Crippen LogP contribution in [0.3, 0.4) is 0 Å². The molecule has 0 radical (unpaired) electrons. The number of fused-ring (bicyclic) bond motifs is 2. The zero-order valence-corrected chi connectivity index (χ0v) is 15.4. The van der Waals surface area contributed by atoms with E-state index in [0.717, 1.165) is 27.7 Å². The molecule has 28 heavy (non-hydrogen) atoms. The molecule has 0 fully saturated rings. The number of carbonyl (C=O) groups excluding carboxylic acids is 1. The molecule has 0 N–H and O–H groups in total. The summed E-state index contributed by atoms with van der Waals surface area (Å²) in [5.41, 5.74) is 6.23. The highest BCUT2D eigenvalue weighted by atomic mass is 16.1. The molecule has 5 aromatic rings. The summed E-state index contributed by atoms with van der Waals surface area (Å²) in [6.07, 6.45) is 1.95. The van der Waals surface area contributed by atoms with Crippen molar-refractivity contribution in [3.8, 4) is 0 Å². The Bertz CT molecular complexity index is 1310. The summed E-state index contributed by atoms with van der Waals surface area (Å²) in [6.45, 7) is 2.54. The molecule has 0 aliphatic carbocycles. The number of carbonyl (C=O) groups is 1. The fraction of sp³-hybridized carbons (Fsp3) is 0.0870. The Morgan fingerprint density at radius 2 is 1.71 bits per heavy atom. The molecule has 5 rings (SSSR count). The Labute approximate surface area is 161 Å². The second-order valence-corrected chi connectivity index (χ2v) is 6.90. The van der Waals surface area contributed by atoms with Crippen molar-refractivity contribution in [2.75, 3.05) is 0 Å². The number of pyridine rings is 1. The van der Waals surface area contributed by atoms with Crippen molar-refractivity contribution in [3.63, 3.8) is 0 Å². The van der Waals surface area contributed by atoms with Crippen LogP contribution < -0.4 is 0 Å². The van der Waals surface area contributed by atoms with Crippen LogP contribution in [0.25, 0.3) is 16.6 Å². The van der Waals surface area contributed by atoms with Crippen LogP contribution >= 0.6 is 0 Å². The molecule has 0 aliphatic rings. The molecule has 5 nitrogen and oxygen atoms in total.